The van der Waals surface area contributed by atoms with Crippen molar-refractivity contribution >= 4 is 12.0 Å². The summed E-state index contributed by atoms with van der Waals surface area (Å²) < 4.78 is 10.8. The van der Waals surface area contributed by atoms with E-state index in [1.165, 1.54) is 0 Å². The van der Waals surface area contributed by atoms with Crippen LogP contribution in [0.3, 0.4) is 0 Å². The second-order valence-corrected chi connectivity index (χ2v) is 7.30. The van der Waals surface area contributed by atoms with E-state index in [4.69, 9.17) is 9.26 Å². The zero-order chi connectivity index (χ0) is 19.0. The number of aryl methyl sites for hydroxylation is 2. The van der Waals surface area contributed by atoms with Crippen molar-refractivity contribution in [3.8, 4) is 11.4 Å². The lowest BCUT2D eigenvalue weighted by Crippen LogP contribution is -2.39. The van der Waals surface area contributed by atoms with Gasteiger partial charge in [-0.1, -0.05) is 29.4 Å². The molecule has 1 atom stereocenters. The van der Waals surface area contributed by atoms with Crippen LogP contribution >= 0.6 is 0 Å². The molecule has 4 rings (SSSR count). The smallest absolute Gasteiger partial charge is 0.410 e. The van der Waals surface area contributed by atoms with E-state index in [1.807, 2.05) is 31.2 Å². The van der Waals surface area contributed by atoms with Crippen LogP contribution in [0.5, 0.6) is 0 Å². The third-order valence-electron chi connectivity index (χ3n) is 5.22. The summed E-state index contributed by atoms with van der Waals surface area (Å²) in [4.78, 5) is 31.9. The summed E-state index contributed by atoms with van der Waals surface area (Å²) in [6.45, 7) is 3.56. The van der Waals surface area contributed by atoms with Gasteiger partial charge in [-0.15, -0.1) is 0 Å². The Morgan fingerprint density at radius 1 is 1.30 bits per heavy atom. The van der Waals surface area contributed by atoms with Crippen molar-refractivity contribution in [1.29, 1.82) is 0 Å². The van der Waals surface area contributed by atoms with Gasteiger partial charge in [-0.05, 0) is 12.5 Å². The summed E-state index contributed by atoms with van der Waals surface area (Å²) in [5, 5.41) is 4.02. The van der Waals surface area contributed by atoms with Crippen molar-refractivity contribution in [2.75, 3.05) is 26.7 Å². The molecule has 2 fully saturated rings. The molecule has 0 bridgehead atoms. The summed E-state index contributed by atoms with van der Waals surface area (Å²) in [6.07, 6.45) is 1.03. The van der Waals surface area contributed by atoms with Crippen LogP contribution in [0.4, 0.5) is 4.79 Å². The minimum atomic E-state index is -0.552. The van der Waals surface area contributed by atoms with Crippen molar-refractivity contribution in [3.05, 3.63) is 35.7 Å². The lowest BCUT2D eigenvalue weighted by Gasteiger charge is -2.21. The predicted molar refractivity (Wildman–Crippen MR) is 95.8 cm³/mol. The van der Waals surface area contributed by atoms with Gasteiger partial charge in [0.2, 0.25) is 17.6 Å². The zero-order valence-corrected chi connectivity index (χ0v) is 15.5. The molecule has 1 aromatic carbocycles. The molecule has 2 saturated heterocycles. The molecular formula is C19H22N4O4. The Kier molecular flexibility index (Phi) is 4.33. The molecule has 8 heteroatoms. The number of hydrogen-bond donors (Lipinski definition) is 0. The molecule has 2 aliphatic rings. The topological polar surface area (TPSA) is 88.8 Å². The van der Waals surface area contributed by atoms with E-state index in [0.29, 0.717) is 44.2 Å². The molecule has 2 amide bonds. The first kappa shape index (κ1) is 17.5. The minimum absolute atomic E-state index is 0.00752. The Morgan fingerprint density at radius 3 is 2.85 bits per heavy atom. The number of nitrogens with zero attached hydrogens (tertiary/aromatic N) is 4. The Morgan fingerprint density at radius 2 is 2.11 bits per heavy atom. The first-order chi connectivity index (χ1) is 13.0. The number of carbonyl (C=O) groups is 2. The molecule has 3 heterocycles. The maximum atomic E-state index is 12.5. The molecule has 2 aromatic rings. The number of carbonyl (C=O) groups excluding carboxylic acids is 2. The van der Waals surface area contributed by atoms with Gasteiger partial charge in [-0.25, -0.2) is 4.79 Å². The van der Waals surface area contributed by atoms with Gasteiger partial charge >= 0.3 is 6.09 Å². The van der Waals surface area contributed by atoms with Crippen LogP contribution in [0.15, 0.2) is 28.8 Å². The highest BCUT2D eigenvalue weighted by Crippen LogP contribution is 2.32. The molecule has 27 heavy (non-hydrogen) atoms. The normalized spacial score (nSPS) is 21.9. The SMILES string of the molecule is Cc1ccccc1-c1noc(CCC(=O)N2CC[C@]3(CN(C)C(=O)O3)C2)n1. The average Bonchev–Trinajstić information content (AvgIpc) is 3.34. The predicted octanol–water partition coefficient (Wildman–Crippen LogP) is 2.03. The molecule has 0 saturated carbocycles. The number of hydrogen-bond acceptors (Lipinski definition) is 6. The molecule has 142 valence electrons. The lowest BCUT2D eigenvalue weighted by atomic mass is 10.0. The van der Waals surface area contributed by atoms with Crippen molar-refractivity contribution < 1.29 is 18.8 Å². The summed E-state index contributed by atoms with van der Waals surface area (Å²) >= 11 is 0. The second-order valence-electron chi connectivity index (χ2n) is 7.30. The number of benzene rings is 1. The van der Waals surface area contributed by atoms with Gasteiger partial charge in [0.05, 0.1) is 13.1 Å². The Hall–Kier alpha value is -2.90. The molecule has 0 radical (unpaired) electrons. The van der Waals surface area contributed by atoms with E-state index in [0.717, 1.165) is 11.1 Å². The van der Waals surface area contributed by atoms with Crippen molar-refractivity contribution in [1.82, 2.24) is 19.9 Å². The molecular weight excluding hydrogens is 348 g/mol. The van der Waals surface area contributed by atoms with Crippen LogP contribution < -0.4 is 0 Å². The van der Waals surface area contributed by atoms with E-state index in [9.17, 15) is 9.59 Å². The molecule has 1 aromatic heterocycles. The van der Waals surface area contributed by atoms with Crippen molar-refractivity contribution in [2.45, 2.75) is 31.8 Å². The highest BCUT2D eigenvalue weighted by Gasteiger charge is 2.49. The molecule has 2 aliphatic heterocycles. The fraction of sp³-hybridized carbons (Fsp3) is 0.474. The molecule has 0 aliphatic carbocycles. The maximum absolute atomic E-state index is 12.5. The Balaban J connectivity index is 1.34. The highest BCUT2D eigenvalue weighted by atomic mass is 16.6. The number of amides is 2. The largest absolute Gasteiger partial charge is 0.439 e. The molecule has 8 nitrogen and oxygen atoms in total. The molecule has 1 spiro atoms. The monoisotopic (exact) mass is 370 g/mol. The zero-order valence-electron chi connectivity index (χ0n) is 15.5. The van der Waals surface area contributed by atoms with Gasteiger partial charge in [-0.2, -0.15) is 4.98 Å². The van der Waals surface area contributed by atoms with E-state index < -0.39 is 5.60 Å². The third kappa shape index (κ3) is 3.39. The van der Waals surface area contributed by atoms with Gasteiger partial charge < -0.3 is 19.1 Å². The average molecular weight is 370 g/mol. The minimum Gasteiger partial charge on any atom is -0.439 e. The van der Waals surface area contributed by atoms with Crippen LogP contribution in [-0.4, -0.2) is 64.2 Å². The first-order valence-corrected chi connectivity index (χ1v) is 9.06. The van der Waals surface area contributed by atoms with Crippen LogP contribution in [0.25, 0.3) is 11.4 Å². The summed E-state index contributed by atoms with van der Waals surface area (Å²) in [7, 11) is 1.71. The fourth-order valence-corrected chi connectivity index (χ4v) is 3.72. The summed E-state index contributed by atoms with van der Waals surface area (Å²) in [6, 6.07) is 7.82. The van der Waals surface area contributed by atoms with Gasteiger partial charge in [0, 0.05) is 38.4 Å². The van der Waals surface area contributed by atoms with Crippen LogP contribution in [0.2, 0.25) is 0 Å². The van der Waals surface area contributed by atoms with Gasteiger partial charge in [-0.3, -0.25) is 4.79 Å². The molecule has 0 N–H and O–H groups in total. The van der Waals surface area contributed by atoms with E-state index >= 15 is 0 Å². The highest BCUT2D eigenvalue weighted by molar-refractivity contribution is 5.77. The van der Waals surface area contributed by atoms with Crippen LogP contribution in [0, 0.1) is 6.92 Å². The summed E-state index contributed by atoms with van der Waals surface area (Å²) in [5.41, 5.74) is 1.44. The Labute approximate surface area is 157 Å². The standard InChI is InChI=1S/C19H22N4O4/c1-13-5-3-4-6-14(13)17-20-15(27-21-17)7-8-16(24)23-10-9-19(12-23)11-22(2)18(25)26-19/h3-6H,7-12H2,1-2H3/t19-/m0/s1. The fourth-order valence-electron chi connectivity index (χ4n) is 3.72. The van der Waals surface area contributed by atoms with Crippen LogP contribution in [-0.2, 0) is 16.0 Å². The molecule has 0 unspecified atom stereocenters. The van der Waals surface area contributed by atoms with Crippen molar-refractivity contribution in [2.24, 2.45) is 0 Å². The van der Waals surface area contributed by atoms with Gasteiger partial charge in [0.25, 0.3) is 0 Å². The van der Waals surface area contributed by atoms with Crippen LogP contribution in [0.1, 0.15) is 24.3 Å². The van der Waals surface area contributed by atoms with Crippen molar-refractivity contribution in [3.63, 3.8) is 0 Å². The maximum Gasteiger partial charge on any atom is 0.410 e. The van der Waals surface area contributed by atoms with E-state index in [1.54, 1.807) is 16.8 Å². The Bertz CT molecular complexity index is 880. The first-order valence-electron chi connectivity index (χ1n) is 9.06. The number of rotatable bonds is 4. The lowest BCUT2D eigenvalue weighted by molar-refractivity contribution is -0.131. The van der Waals surface area contributed by atoms with E-state index in [-0.39, 0.29) is 18.4 Å². The van der Waals surface area contributed by atoms with Gasteiger partial charge in [0.1, 0.15) is 0 Å². The van der Waals surface area contributed by atoms with E-state index in [2.05, 4.69) is 10.1 Å². The quantitative estimate of drug-likeness (QED) is 0.818. The number of ether oxygens (including phenoxy) is 1. The number of aromatic nitrogens is 2. The third-order valence-corrected chi connectivity index (χ3v) is 5.22. The number of likely N-dealkylation sites (tertiary alicyclic amines) is 1. The number of likely N-dealkylation sites (N-methyl/N-ethyl adjacent to an activating group) is 1. The second kappa shape index (κ2) is 6.68. The van der Waals surface area contributed by atoms with Gasteiger partial charge in [0.15, 0.2) is 5.60 Å². The summed E-state index contributed by atoms with van der Waals surface area (Å²) in [5.74, 6) is 0.993.